The van der Waals surface area contributed by atoms with Crippen molar-refractivity contribution in [2.75, 3.05) is 21.3 Å². The molecule has 13 nitrogen and oxygen atoms in total. The van der Waals surface area contributed by atoms with Crippen LogP contribution in [0.5, 0.6) is 28.7 Å². The summed E-state index contributed by atoms with van der Waals surface area (Å²) in [6, 6.07) is 6.67. The monoisotopic (exact) mass is 574 g/mol. The molecule has 2 aromatic carbocycles. The number of carbonyl (C=O) groups is 3. The number of hydrogen-bond acceptors (Lipinski definition) is 13. The molecule has 2 aromatic rings. The second-order valence-electron chi connectivity index (χ2n) is 9.06. The number of benzene rings is 2. The van der Waals surface area contributed by atoms with Gasteiger partial charge in [-0.15, -0.1) is 0 Å². The first-order chi connectivity index (χ1) is 19.4. The van der Waals surface area contributed by atoms with E-state index in [1.54, 1.807) is 0 Å². The Hall–Kier alpha value is -4.75. The van der Waals surface area contributed by atoms with Gasteiger partial charge in [-0.25, -0.2) is 14.4 Å². The van der Waals surface area contributed by atoms with E-state index in [4.69, 9.17) is 18.9 Å². The van der Waals surface area contributed by atoms with Gasteiger partial charge in [-0.1, -0.05) is 6.07 Å². The molecule has 3 rings (SSSR count). The van der Waals surface area contributed by atoms with Crippen LogP contribution in [0.2, 0.25) is 0 Å². The first-order valence-corrected chi connectivity index (χ1v) is 12.1. The Morgan fingerprint density at radius 1 is 0.829 bits per heavy atom. The molecule has 0 heterocycles. The summed E-state index contributed by atoms with van der Waals surface area (Å²) in [5, 5.41) is 50.6. The molecule has 0 saturated heterocycles. The summed E-state index contributed by atoms with van der Waals surface area (Å²) >= 11 is 0. The van der Waals surface area contributed by atoms with Gasteiger partial charge in [0.15, 0.2) is 34.7 Å². The maximum atomic E-state index is 12.7. The molecule has 0 aromatic heterocycles. The van der Waals surface area contributed by atoms with Crippen molar-refractivity contribution in [1.82, 2.24) is 0 Å². The molecule has 1 aliphatic rings. The van der Waals surface area contributed by atoms with E-state index in [-0.39, 0.29) is 23.0 Å². The highest BCUT2D eigenvalue weighted by atomic mass is 16.6. The smallest absolute Gasteiger partial charge is 0.338 e. The van der Waals surface area contributed by atoms with Crippen molar-refractivity contribution in [2.24, 2.45) is 0 Å². The zero-order chi connectivity index (χ0) is 30.3. The molecule has 0 amide bonds. The number of phenolic OH excluding ortho intramolecular Hbond substituents is 3. The van der Waals surface area contributed by atoms with Crippen molar-refractivity contribution >= 4 is 30.1 Å². The number of aliphatic hydroxyl groups is 2. The number of hydrogen-bond donors (Lipinski definition) is 5. The molecule has 0 spiro atoms. The Morgan fingerprint density at radius 2 is 1.41 bits per heavy atom. The molecule has 0 unspecified atom stereocenters. The summed E-state index contributed by atoms with van der Waals surface area (Å²) in [5.74, 6) is -3.85. The quantitative estimate of drug-likeness (QED) is 0.125. The van der Waals surface area contributed by atoms with Crippen LogP contribution in [0, 0.1) is 0 Å². The molecule has 1 saturated carbocycles. The van der Waals surface area contributed by atoms with Crippen molar-refractivity contribution in [2.45, 2.75) is 36.8 Å². The number of carbonyl (C=O) groups excluding carboxylic acids is 3. The highest BCUT2D eigenvalue weighted by Crippen LogP contribution is 2.38. The van der Waals surface area contributed by atoms with E-state index in [1.165, 1.54) is 56.7 Å². The SMILES string of the molecule is COC(=O)[C@]1(O)C[C@@H](O)[C@@H](OC(=O)/C=C/c2cc(OC)c(O)c(OC)c2)[C@H](OC(=O)/C=C/c2ccc(O)c(O)c2)C1. The molecule has 1 fully saturated rings. The van der Waals surface area contributed by atoms with Crippen LogP contribution in [0.3, 0.4) is 0 Å². The molecule has 13 heteroatoms. The minimum Gasteiger partial charge on any atom is -0.504 e. The Balaban J connectivity index is 1.80. The van der Waals surface area contributed by atoms with Crippen molar-refractivity contribution in [3.05, 3.63) is 53.6 Å². The van der Waals surface area contributed by atoms with E-state index in [0.717, 1.165) is 19.3 Å². The molecule has 0 bridgehead atoms. The maximum absolute atomic E-state index is 12.7. The first-order valence-electron chi connectivity index (χ1n) is 12.1. The van der Waals surface area contributed by atoms with Crippen molar-refractivity contribution in [3.8, 4) is 28.7 Å². The number of esters is 3. The molecule has 0 radical (unpaired) electrons. The molecule has 41 heavy (non-hydrogen) atoms. The number of aromatic hydroxyl groups is 3. The van der Waals surface area contributed by atoms with Crippen molar-refractivity contribution in [1.29, 1.82) is 0 Å². The largest absolute Gasteiger partial charge is 0.504 e. The van der Waals surface area contributed by atoms with Gasteiger partial charge in [-0.2, -0.15) is 0 Å². The zero-order valence-electron chi connectivity index (χ0n) is 22.3. The number of phenols is 3. The van der Waals surface area contributed by atoms with Crippen LogP contribution in [0.25, 0.3) is 12.2 Å². The van der Waals surface area contributed by atoms with Gasteiger partial charge >= 0.3 is 17.9 Å². The van der Waals surface area contributed by atoms with Crippen LogP contribution in [0.15, 0.2) is 42.5 Å². The van der Waals surface area contributed by atoms with E-state index in [2.05, 4.69) is 4.74 Å². The third-order valence-corrected chi connectivity index (χ3v) is 6.24. The molecular formula is C28H30O13. The summed E-state index contributed by atoms with van der Waals surface area (Å²) in [4.78, 5) is 37.5. The predicted octanol–water partition coefficient (Wildman–Crippen LogP) is 1.43. The lowest BCUT2D eigenvalue weighted by molar-refractivity contribution is -0.206. The van der Waals surface area contributed by atoms with Gasteiger partial charge in [0.05, 0.1) is 27.4 Å². The second kappa shape index (κ2) is 13.1. The number of aliphatic hydroxyl groups excluding tert-OH is 1. The number of rotatable bonds is 9. The van der Waals surface area contributed by atoms with Crippen LogP contribution >= 0.6 is 0 Å². The Kier molecular flexibility index (Phi) is 9.81. The molecule has 0 aliphatic heterocycles. The second-order valence-corrected chi connectivity index (χ2v) is 9.06. The van der Waals surface area contributed by atoms with E-state index in [1.807, 2.05) is 0 Å². The summed E-state index contributed by atoms with van der Waals surface area (Å²) in [6.45, 7) is 0. The third kappa shape index (κ3) is 7.47. The minimum absolute atomic E-state index is 0.0877. The molecule has 4 atom stereocenters. The summed E-state index contributed by atoms with van der Waals surface area (Å²) in [7, 11) is 3.70. The van der Waals surface area contributed by atoms with Crippen LogP contribution in [-0.2, 0) is 28.6 Å². The fourth-order valence-corrected chi connectivity index (χ4v) is 4.21. The van der Waals surface area contributed by atoms with Gasteiger partial charge in [0, 0.05) is 25.0 Å². The van der Waals surface area contributed by atoms with E-state index >= 15 is 0 Å². The number of methoxy groups -OCH3 is 3. The Bertz CT molecular complexity index is 1320. The molecule has 220 valence electrons. The van der Waals surface area contributed by atoms with E-state index < -0.39 is 60.4 Å². The van der Waals surface area contributed by atoms with Gasteiger partial charge in [0.1, 0.15) is 6.10 Å². The topological polar surface area (TPSA) is 199 Å². The lowest BCUT2D eigenvalue weighted by atomic mass is 9.79. The summed E-state index contributed by atoms with van der Waals surface area (Å²) in [6.07, 6.45) is -1.13. The molecular weight excluding hydrogens is 544 g/mol. The lowest BCUT2D eigenvalue weighted by Crippen LogP contribution is -2.58. The van der Waals surface area contributed by atoms with Crippen molar-refractivity contribution < 1.29 is 63.6 Å². The normalized spacial score (nSPS) is 22.3. The van der Waals surface area contributed by atoms with E-state index in [0.29, 0.717) is 11.1 Å². The lowest BCUT2D eigenvalue weighted by Gasteiger charge is -2.41. The molecule has 5 N–H and O–H groups in total. The standard InChI is InChI=1S/C28H30O13/c1-37-20-11-16(12-21(38-2)25(20)34)6-9-24(33)41-26-19(31)13-28(36,27(35)39-3)14-22(26)40-23(32)8-5-15-4-7-17(29)18(30)10-15/h4-12,19,22,26,29-31,34,36H,13-14H2,1-3H3/b8-5+,9-6+/t19-,22-,26-,28+/m1/s1. The van der Waals surface area contributed by atoms with E-state index in [9.17, 15) is 39.9 Å². The van der Waals surface area contributed by atoms with Crippen molar-refractivity contribution in [3.63, 3.8) is 0 Å². The van der Waals surface area contributed by atoms with Gasteiger partial charge < -0.3 is 49.2 Å². The molecule has 1 aliphatic carbocycles. The fourth-order valence-electron chi connectivity index (χ4n) is 4.21. The van der Waals surface area contributed by atoms with Gasteiger partial charge in [0.25, 0.3) is 0 Å². The summed E-state index contributed by atoms with van der Waals surface area (Å²) < 4.78 is 25.5. The van der Waals surface area contributed by atoms with Gasteiger partial charge in [-0.05, 0) is 47.5 Å². The van der Waals surface area contributed by atoms with Crippen LogP contribution in [-0.4, -0.2) is 88.7 Å². The van der Waals surface area contributed by atoms with Crippen LogP contribution in [0.1, 0.15) is 24.0 Å². The highest BCUT2D eigenvalue weighted by molar-refractivity contribution is 5.89. The minimum atomic E-state index is -2.23. The zero-order valence-corrected chi connectivity index (χ0v) is 22.3. The Labute approximate surface area is 234 Å². The summed E-state index contributed by atoms with van der Waals surface area (Å²) in [5.41, 5.74) is -1.50. The maximum Gasteiger partial charge on any atom is 0.338 e. The number of ether oxygens (including phenoxy) is 5. The first kappa shape index (κ1) is 30.8. The fraction of sp³-hybridized carbons (Fsp3) is 0.321. The third-order valence-electron chi connectivity index (χ3n) is 6.24. The predicted molar refractivity (Wildman–Crippen MR) is 141 cm³/mol. The highest BCUT2D eigenvalue weighted by Gasteiger charge is 2.52. The average Bonchev–Trinajstić information content (AvgIpc) is 2.94. The van der Waals surface area contributed by atoms with Gasteiger partial charge in [0.2, 0.25) is 5.75 Å². The van der Waals surface area contributed by atoms with Crippen LogP contribution in [0.4, 0.5) is 0 Å². The van der Waals surface area contributed by atoms with Gasteiger partial charge in [-0.3, -0.25) is 0 Å². The van der Waals surface area contributed by atoms with Crippen LogP contribution < -0.4 is 9.47 Å². The average molecular weight is 575 g/mol. The Morgan fingerprint density at radius 3 is 1.98 bits per heavy atom.